The summed E-state index contributed by atoms with van der Waals surface area (Å²) in [7, 11) is 1.46. The lowest BCUT2D eigenvalue weighted by atomic mass is 9.98. The minimum atomic E-state index is -1.63. The van der Waals surface area contributed by atoms with Crippen molar-refractivity contribution in [3.05, 3.63) is 18.2 Å². The first-order chi connectivity index (χ1) is 8.28. The number of ketones is 1. The fourth-order valence-electron chi connectivity index (χ4n) is 1.16. The standard InChI is InChI=1S/C12H16N2O4/c1-7(15)12(2,13)11(17)14-9-5-4-8(18-3)6-10(9)16/h4-6,16H,13H2,1-3H3,(H,14,17)/t12-/m1/s1. The minimum absolute atomic E-state index is 0.165. The number of methoxy groups -OCH3 is 1. The third kappa shape index (κ3) is 2.78. The summed E-state index contributed by atoms with van der Waals surface area (Å²) in [4.78, 5) is 23.0. The summed E-state index contributed by atoms with van der Waals surface area (Å²) in [5, 5.41) is 12.0. The third-order valence-corrected chi connectivity index (χ3v) is 2.66. The van der Waals surface area contributed by atoms with Crippen LogP contribution in [0.5, 0.6) is 11.5 Å². The molecule has 6 heteroatoms. The van der Waals surface area contributed by atoms with Gasteiger partial charge < -0.3 is 20.9 Å². The zero-order valence-corrected chi connectivity index (χ0v) is 10.5. The molecule has 0 unspecified atom stereocenters. The van der Waals surface area contributed by atoms with Gasteiger partial charge in [-0.05, 0) is 26.0 Å². The molecule has 0 aliphatic heterocycles. The maximum absolute atomic E-state index is 11.8. The summed E-state index contributed by atoms with van der Waals surface area (Å²) in [5.74, 6) is -0.863. The maximum Gasteiger partial charge on any atom is 0.251 e. The highest BCUT2D eigenvalue weighted by Gasteiger charge is 2.33. The summed E-state index contributed by atoms with van der Waals surface area (Å²) in [6, 6.07) is 4.37. The molecule has 0 saturated heterocycles. The lowest BCUT2D eigenvalue weighted by Crippen LogP contribution is -2.53. The van der Waals surface area contributed by atoms with Gasteiger partial charge in [-0.2, -0.15) is 0 Å². The van der Waals surface area contributed by atoms with E-state index in [0.29, 0.717) is 5.75 Å². The van der Waals surface area contributed by atoms with Crippen LogP contribution < -0.4 is 15.8 Å². The number of phenols is 1. The van der Waals surface area contributed by atoms with Crippen LogP contribution in [0.1, 0.15) is 13.8 Å². The molecule has 0 bridgehead atoms. The number of nitrogens with one attached hydrogen (secondary N) is 1. The molecule has 0 aliphatic carbocycles. The Morgan fingerprint density at radius 3 is 2.50 bits per heavy atom. The van der Waals surface area contributed by atoms with Gasteiger partial charge in [-0.1, -0.05) is 0 Å². The minimum Gasteiger partial charge on any atom is -0.506 e. The Labute approximate surface area is 105 Å². The van der Waals surface area contributed by atoms with Crippen molar-refractivity contribution in [3.63, 3.8) is 0 Å². The van der Waals surface area contributed by atoms with E-state index in [4.69, 9.17) is 10.5 Å². The van der Waals surface area contributed by atoms with Crippen LogP contribution in [0.15, 0.2) is 18.2 Å². The highest BCUT2D eigenvalue weighted by atomic mass is 16.5. The fourth-order valence-corrected chi connectivity index (χ4v) is 1.16. The second kappa shape index (κ2) is 5.05. The van der Waals surface area contributed by atoms with E-state index in [-0.39, 0.29) is 11.4 Å². The van der Waals surface area contributed by atoms with Crippen LogP contribution in [-0.2, 0) is 9.59 Å². The molecule has 0 spiro atoms. The number of nitrogens with two attached hydrogens (primary N) is 1. The molecule has 0 radical (unpaired) electrons. The number of hydrogen-bond acceptors (Lipinski definition) is 5. The Morgan fingerprint density at radius 2 is 2.06 bits per heavy atom. The SMILES string of the molecule is COc1ccc(NC(=O)[C@](C)(N)C(C)=O)c(O)c1. The Hall–Kier alpha value is -2.08. The van der Waals surface area contributed by atoms with Crippen LogP contribution in [0.4, 0.5) is 5.69 Å². The van der Waals surface area contributed by atoms with Crippen molar-refractivity contribution >= 4 is 17.4 Å². The van der Waals surface area contributed by atoms with Gasteiger partial charge in [0.25, 0.3) is 5.91 Å². The fraction of sp³-hybridized carbons (Fsp3) is 0.333. The van der Waals surface area contributed by atoms with Gasteiger partial charge in [-0.25, -0.2) is 0 Å². The van der Waals surface area contributed by atoms with E-state index >= 15 is 0 Å². The zero-order chi connectivity index (χ0) is 13.9. The molecule has 18 heavy (non-hydrogen) atoms. The summed E-state index contributed by atoms with van der Waals surface area (Å²) < 4.78 is 4.91. The molecule has 0 heterocycles. The molecule has 0 aliphatic rings. The monoisotopic (exact) mass is 252 g/mol. The Balaban J connectivity index is 2.92. The number of carbonyl (C=O) groups excluding carboxylic acids is 2. The van der Waals surface area contributed by atoms with Gasteiger partial charge in [0.15, 0.2) is 11.3 Å². The van der Waals surface area contributed by atoms with Crippen LogP contribution in [0, 0.1) is 0 Å². The largest absolute Gasteiger partial charge is 0.506 e. The Kier molecular flexibility index (Phi) is 3.93. The van der Waals surface area contributed by atoms with Gasteiger partial charge in [0.1, 0.15) is 11.5 Å². The van der Waals surface area contributed by atoms with E-state index in [9.17, 15) is 14.7 Å². The zero-order valence-electron chi connectivity index (χ0n) is 10.5. The normalized spacial score (nSPS) is 13.6. The van der Waals surface area contributed by atoms with Crippen LogP contribution >= 0.6 is 0 Å². The predicted molar refractivity (Wildman–Crippen MR) is 66.6 cm³/mol. The van der Waals surface area contributed by atoms with Crippen LogP contribution in [-0.4, -0.2) is 29.4 Å². The summed E-state index contributed by atoms with van der Waals surface area (Å²) in [5.41, 5.74) is 4.12. The number of hydrogen-bond donors (Lipinski definition) is 3. The highest BCUT2D eigenvalue weighted by Crippen LogP contribution is 2.28. The first-order valence-corrected chi connectivity index (χ1v) is 5.27. The van der Waals surface area contributed by atoms with Crippen molar-refractivity contribution in [2.24, 2.45) is 5.73 Å². The lowest BCUT2D eigenvalue weighted by molar-refractivity contribution is -0.130. The number of benzene rings is 1. The second-order valence-corrected chi connectivity index (χ2v) is 4.10. The number of rotatable bonds is 4. The van der Waals surface area contributed by atoms with Crippen molar-refractivity contribution in [2.45, 2.75) is 19.4 Å². The average molecular weight is 252 g/mol. The van der Waals surface area contributed by atoms with Crippen LogP contribution in [0.25, 0.3) is 0 Å². The number of phenolic OH excluding ortho intramolecular Hbond substituents is 1. The lowest BCUT2D eigenvalue weighted by Gasteiger charge is -2.20. The van der Waals surface area contributed by atoms with Gasteiger partial charge in [-0.3, -0.25) is 9.59 Å². The van der Waals surface area contributed by atoms with Crippen molar-refractivity contribution in [1.29, 1.82) is 0 Å². The van der Waals surface area contributed by atoms with E-state index in [1.165, 1.54) is 33.1 Å². The third-order valence-electron chi connectivity index (χ3n) is 2.66. The predicted octanol–water partition coefficient (Wildman–Crippen LogP) is 0.646. The smallest absolute Gasteiger partial charge is 0.251 e. The molecule has 1 aromatic carbocycles. The molecule has 6 nitrogen and oxygen atoms in total. The summed E-state index contributed by atoms with van der Waals surface area (Å²) >= 11 is 0. The van der Waals surface area contributed by atoms with Crippen molar-refractivity contribution in [2.75, 3.05) is 12.4 Å². The van der Waals surface area contributed by atoms with Gasteiger partial charge >= 0.3 is 0 Å². The molecule has 1 rings (SSSR count). The average Bonchev–Trinajstić information content (AvgIpc) is 2.31. The molecule has 1 atom stereocenters. The molecule has 98 valence electrons. The number of anilines is 1. The number of ether oxygens (including phenoxy) is 1. The van der Waals surface area contributed by atoms with Crippen molar-refractivity contribution in [1.82, 2.24) is 0 Å². The first-order valence-electron chi connectivity index (χ1n) is 5.27. The molecule has 1 amide bonds. The highest BCUT2D eigenvalue weighted by molar-refractivity contribution is 6.14. The number of Topliss-reactive ketones (excluding diaryl/α,β-unsaturated/α-hetero) is 1. The molecule has 1 aromatic rings. The summed E-state index contributed by atoms with van der Waals surface area (Å²) in [6.45, 7) is 2.54. The maximum atomic E-state index is 11.8. The van der Waals surface area contributed by atoms with Gasteiger partial charge in [-0.15, -0.1) is 0 Å². The van der Waals surface area contributed by atoms with E-state index < -0.39 is 17.2 Å². The number of amides is 1. The van der Waals surface area contributed by atoms with E-state index in [1.807, 2.05) is 0 Å². The van der Waals surface area contributed by atoms with Crippen LogP contribution in [0.2, 0.25) is 0 Å². The van der Waals surface area contributed by atoms with Gasteiger partial charge in [0.2, 0.25) is 0 Å². The Morgan fingerprint density at radius 1 is 1.44 bits per heavy atom. The van der Waals surface area contributed by atoms with Crippen LogP contribution in [0.3, 0.4) is 0 Å². The second-order valence-electron chi connectivity index (χ2n) is 4.10. The van der Waals surface area contributed by atoms with E-state index in [0.717, 1.165) is 0 Å². The summed E-state index contributed by atoms with van der Waals surface area (Å²) in [6.07, 6.45) is 0. The molecular formula is C12H16N2O4. The number of aromatic hydroxyl groups is 1. The molecular weight excluding hydrogens is 236 g/mol. The topological polar surface area (TPSA) is 102 Å². The van der Waals surface area contributed by atoms with Crippen molar-refractivity contribution < 1.29 is 19.4 Å². The quantitative estimate of drug-likeness (QED) is 0.539. The van der Waals surface area contributed by atoms with Gasteiger partial charge in [0.05, 0.1) is 12.8 Å². The van der Waals surface area contributed by atoms with Gasteiger partial charge in [0, 0.05) is 6.07 Å². The molecule has 0 aromatic heterocycles. The van der Waals surface area contributed by atoms with Crippen molar-refractivity contribution in [3.8, 4) is 11.5 Å². The Bertz CT molecular complexity index is 483. The molecule has 0 fully saturated rings. The number of carbonyl (C=O) groups is 2. The molecule has 0 saturated carbocycles. The van der Waals surface area contributed by atoms with E-state index in [2.05, 4.69) is 5.32 Å². The van der Waals surface area contributed by atoms with E-state index in [1.54, 1.807) is 6.07 Å². The first kappa shape index (κ1) is 14.0. The molecule has 4 N–H and O–H groups in total.